The Hall–Kier alpha value is -1.22. The lowest BCUT2D eigenvalue weighted by Gasteiger charge is -2.18. The monoisotopic (exact) mass is 228 g/mol. The van der Waals surface area contributed by atoms with Crippen LogP contribution >= 0.6 is 11.6 Å². The molecule has 4 heteroatoms. The zero-order chi connectivity index (χ0) is 11.3. The molecule has 0 amide bonds. The molecular formula is C11H13ClO3. The normalized spacial score (nSPS) is 12.5. The highest BCUT2D eigenvalue weighted by Crippen LogP contribution is 2.30. The minimum absolute atomic E-state index is 0.422. The van der Waals surface area contributed by atoms with Gasteiger partial charge in [-0.15, -0.1) is 0 Å². The Morgan fingerprint density at radius 3 is 2.40 bits per heavy atom. The van der Waals surface area contributed by atoms with E-state index < -0.39 is 5.24 Å². The Kier molecular flexibility index (Phi) is 4.43. The summed E-state index contributed by atoms with van der Waals surface area (Å²) in [4.78, 5) is 10.8. The van der Waals surface area contributed by atoms with Crippen LogP contribution in [0.25, 0.3) is 0 Å². The minimum Gasteiger partial charge on any atom is -0.486 e. The van der Waals surface area contributed by atoms with Gasteiger partial charge in [-0.25, -0.2) is 0 Å². The van der Waals surface area contributed by atoms with E-state index in [1.807, 2.05) is 13.8 Å². The standard InChI is InChI=1S/C9H7ClO3.C2H6/c10-9(11)6-1-2-7-8(5-6)13-4-3-12-7;1-2/h1-2,5H,3-4H2;1-2H3. The molecule has 0 spiro atoms. The first-order valence-electron chi connectivity index (χ1n) is 4.87. The molecule has 1 aliphatic heterocycles. The second kappa shape index (κ2) is 5.61. The van der Waals surface area contributed by atoms with Crippen molar-refractivity contribution in [2.24, 2.45) is 0 Å². The van der Waals surface area contributed by atoms with Gasteiger partial charge < -0.3 is 9.47 Å². The first kappa shape index (κ1) is 11.9. The van der Waals surface area contributed by atoms with Gasteiger partial charge in [0, 0.05) is 5.56 Å². The number of hydrogen-bond donors (Lipinski definition) is 0. The van der Waals surface area contributed by atoms with Gasteiger partial charge in [-0.2, -0.15) is 0 Å². The molecule has 1 aromatic carbocycles. The van der Waals surface area contributed by atoms with Gasteiger partial charge in [0.15, 0.2) is 11.5 Å². The lowest BCUT2D eigenvalue weighted by molar-refractivity contribution is 0.108. The summed E-state index contributed by atoms with van der Waals surface area (Å²) in [5, 5.41) is -0.489. The maximum Gasteiger partial charge on any atom is 0.252 e. The third-order valence-electron chi connectivity index (χ3n) is 1.77. The van der Waals surface area contributed by atoms with Crippen molar-refractivity contribution in [2.75, 3.05) is 13.2 Å². The quantitative estimate of drug-likeness (QED) is 0.694. The van der Waals surface area contributed by atoms with E-state index in [0.29, 0.717) is 30.3 Å². The third kappa shape index (κ3) is 2.86. The Balaban J connectivity index is 0.000000531. The van der Waals surface area contributed by atoms with Gasteiger partial charge in [0.25, 0.3) is 5.24 Å². The number of rotatable bonds is 1. The molecule has 0 aliphatic carbocycles. The third-order valence-corrected chi connectivity index (χ3v) is 1.99. The van der Waals surface area contributed by atoms with Crippen LogP contribution in [0.3, 0.4) is 0 Å². The zero-order valence-electron chi connectivity index (χ0n) is 8.75. The van der Waals surface area contributed by atoms with Crippen LogP contribution in [-0.4, -0.2) is 18.5 Å². The molecule has 82 valence electrons. The van der Waals surface area contributed by atoms with Crippen molar-refractivity contribution in [1.82, 2.24) is 0 Å². The molecule has 1 aliphatic rings. The van der Waals surface area contributed by atoms with E-state index in [4.69, 9.17) is 21.1 Å². The molecule has 0 bridgehead atoms. The molecule has 0 aromatic heterocycles. The molecule has 0 saturated carbocycles. The van der Waals surface area contributed by atoms with Crippen LogP contribution in [0.4, 0.5) is 0 Å². The van der Waals surface area contributed by atoms with Crippen LogP contribution in [0, 0.1) is 0 Å². The van der Waals surface area contributed by atoms with E-state index in [2.05, 4.69) is 0 Å². The number of ether oxygens (including phenoxy) is 2. The van der Waals surface area contributed by atoms with Crippen molar-refractivity contribution in [3.05, 3.63) is 23.8 Å². The van der Waals surface area contributed by atoms with Crippen molar-refractivity contribution >= 4 is 16.8 Å². The molecule has 0 saturated heterocycles. The fourth-order valence-corrected chi connectivity index (χ4v) is 1.28. The Bertz CT molecular complexity index is 350. The van der Waals surface area contributed by atoms with Crippen LogP contribution in [0.1, 0.15) is 24.2 Å². The zero-order valence-corrected chi connectivity index (χ0v) is 9.50. The highest BCUT2D eigenvalue weighted by atomic mass is 35.5. The van der Waals surface area contributed by atoms with Crippen molar-refractivity contribution in [1.29, 1.82) is 0 Å². The predicted octanol–water partition coefficient (Wildman–Crippen LogP) is 2.86. The fourth-order valence-electron chi connectivity index (χ4n) is 1.17. The van der Waals surface area contributed by atoms with Crippen molar-refractivity contribution < 1.29 is 14.3 Å². The number of fused-ring (bicyclic) bond motifs is 1. The molecule has 0 atom stereocenters. The van der Waals surface area contributed by atoms with Crippen LogP contribution in [0.2, 0.25) is 0 Å². The van der Waals surface area contributed by atoms with Gasteiger partial charge in [-0.3, -0.25) is 4.79 Å². The van der Waals surface area contributed by atoms with Crippen LogP contribution in [0.5, 0.6) is 11.5 Å². The Labute approximate surface area is 93.9 Å². The number of carbonyl (C=O) groups excluding carboxylic acids is 1. The highest BCUT2D eigenvalue weighted by molar-refractivity contribution is 6.67. The number of benzene rings is 1. The molecule has 0 radical (unpaired) electrons. The molecule has 0 unspecified atom stereocenters. The van der Waals surface area contributed by atoms with E-state index in [9.17, 15) is 4.79 Å². The smallest absolute Gasteiger partial charge is 0.252 e. The first-order chi connectivity index (χ1) is 7.27. The minimum atomic E-state index is -0.489. The van der Waals surface area contributed by atoms with Gasteiger partial charge in [-0.1, -0.05) is 13.8 Å². The van der Waals surface area contributed by atoms with Crippen LogP contribution in [0.15, 0.2) is 18.2 Å². The van der Waals surface area contributed by atoms with E-state index in [1.54, 1.807) is 18.2 Å². The summed E-state index contributed by atoms with van der Waals surface area (Å²) in [7, 11) is 0. The Morgan fingerprint density at radius 2 is 1.80 bits per heavy atom. The number of halogens is 1. The van der Waals surface area contributed by atoms with Crippen molar-refractivity contribution in [3.8, 4) is 11.5 Å². The van der Waals surface area contributed by atoms with Gasteiger partial charge >= 0.3 is 0 Å². The largest absolute Gasteiger partial charge is 0.486 e. The molecular weight excluding hydrogens is 216 g/mol. The van der Waals surface area contributed by atoms with Crippen LogP contribution < -0.4 is 9.47 Å². The van der Waals surface area contributed by atoms with Crippen LogP contribution in [-0.2, 0) is 0 Å². The summed E-state index contributed by atoms with van der Waals surface area (Å²) in [5.74, 6) is 1.24. The highest BCUT2D eigenvalue weighted by Gasteiger charge is 2.13. The molecule has 1 aromatic rings. The first-order valence-corrected chi connectivity index (χ1v) is 5.24. The average Bonchev–Trinajstić information content (AvgIpc) is 2.31. The summed E-state index contributed by atoms with van der Waals surface area (Å²) in [6, 6.07) is 4.89. The second-order valence-corrected chi connectivity index (χ2v) is 2.98. The van der Waals surface area contributed by atoms with Crippen molar-refractivity contribution in [2.45, 2.75) is 13.8 Å². The van der Waals surface area contributed by atoms with E-state index in [0.717, 1.165) is 0 Å². The molecule has 0 N–H and O–H groups in total. The average molecular weight is 229 g/mol. The van der Waals surface area contributed by atoms with Crippen molar-refractivity contribution in [3.63, 3.8) is 0 Å². The van der Waals surface area contributed by atoms with Gasteiger partial charge in [-0.05, 0) is 29.8 Å². The predicted molar refractivity (Wildman–Crippen MR) is 59.0 cm³/mol. The molecule has 0 fully saturated rings. The maximum absolute atomic E-state index is 10.8. The molecule has 15 heavy (non-hydrogen) atoms. The summed E-state index contributed by atoms with van der Waals surface area (Å²) >= 11 is 5.31. The van der Waals surface area contributed by atoms with Gasteiger partial charge in [0.05, 0.1) is 0 Å². The van der Waals surface area contributed by atoms with Gasteiger partial charge in [0.1, 0.15) is 13.2 Å². The second-order valence-electron chi connectivity index (χ2n) is 2.63. The number of carbonyl (C=O) groups is 1. The van der Waals surface area contributed by atoms with E-state index in [-0.39, 0.29) is 0 Å². The summed E-state index contributed by atoms with van der Waals surface area (Å²) in [5.41, 5.74) is 0.422. The molecule has 2 rings (SSSR count). The van der Waals surface area contributed by atoms with Gasteiger partial charge in [0.2, 0.25) is 0 Å². The summed E-state index contributed by atoms with van der Waals surface area (Å²) < 4.78 is 10.6. The summed E-state index contributed by atoms with van der Waals surface area (Å²) in [6.45, 7) is 5.05. The lowest BCUT2D eigenvalue weighted by Crippen LogP contribution is -2.15. The lowest BCUT2D eigenvalue weighted by atomic mass is 10.2. The topological polar surface area (TPSA) is 35.5 Å². The Morgan fingerprint density at radius 1 is 1.20 bits per heavy atom. The molecule has 1 heterocycles. The SMILES string of the molecule is CC.O=C(Cl)c1ccc2c(c1)OCCO2. The van der Waals surface area contributed by atoms with E-state index >= 15 is 0 Å². The fraction of sp³-hybridized carbons (Fsp3) is 0.364. The number of hydrogen-bond acceptors (Lipinski definition) is 3. The maximum atomic E-state index is 10.8. The summed E-state index contributed by atoms with van der Waals surface area (Å²) in [6.07, 6.45) is 0. The van der Waals surface area contributed by atoms with E-state index in [1.165, 1.54) is 0 Å². The molecule has 3 nitrogen and oxygen atoms in total.